The van der Waals surface area contributed by atoms with Gasteiger partial charge >= 0.3 is 0 Å². The van der Waals surface area contributed by atoms with Crippen molar-refractivity contribution in [2.45, 2.75) is 24.6 Å². The lowest BCUT2D eigenvalue weighted by Crippen LogP contribution is -2.22. The number of nitrogens with one attached hydrogen (secondary N) is 1. The Kier molecular flexibility index (Phi) is 5.22. The Balaban J connectivity index is 1.76. The van der Waals surface area contributed by atoms with Crippen molar-refractivity contribution in [1.82, 2.24) is 9.71 Å². The summed E-state index contributed by atoms with van der Waals surface area (Å²) in [6.45, 7) is 4.31. The van der Waals surface area contributed by atoms with Gasteiger partial charge in [0.1, 0.15) is 9.96 Å². The average molecular weight is 378 g/mol. The molecule has 0 amide bonds. The molecular formula is C17H18N2O4S2. The predicted octanol–water partition coefficient (Wildman–Crippen LogP) is 3.59. The number of sulfonamides is 1. The first-order valence-corrected chi connectivity index (χ1v) is 10.0. The van der Waals surface area contributed by atoms with E-state index >= 15 is 0 Å². The molecule has 0 saturated carbocycles. The molecule has 25 heavy (non-hydrogen) atoms. The molecule has 0 spiro atoms. The molecule has 0 saturated heterocycles. The molecule has 8 heteroatoms. The normalized spacial score (nSPS) is 11.6. The second-order valence-corrected chi connectivity index (χ2v) is 8.31. The third kappa shape index (κ3) is 4.09. The lowest BCUT2D eigenvalue weighted by atomic mass is 10.2. The topological polar surface area (TPSA) is 81.4 Å². The fourth-order valence-electron chi connectivity index (χ4n) is 2.26. The highest BCUT2D eigenvalue weighted by atomic mass is 32.2. The van der Waals surface area contributed by atoms with E-state index in [4.69, 9.17) is 9.15 Å². The Morgan fingerprint density at radius 3 is 2.76 bits per heavy atom. The van der Waals surface area contributed by atoms with Crippen molar-refractivity contribution >= 4 is 21.4 Å². The molecular weight excluding hydrogens is 360 g/mol. The van der Waals surface area contributed by atoms with Gasteiger partial charge in [-0.3, -0.25) is 0 Å². The number of rotatable bonds is 7. The van der Waals surface area contributed by atoms with E-state index in [-0.39, 0.29) is 10.8 Å². The molecule has 0 unspecified atom stereocenters. The van der Waals surface area contributed by atoms with Gasteiger partial charge in [0, 0.05) is 19.0 Å². The van der Waals surface area contributed by atoms with Gasteiger partial charge < -0.3 is 9.15 Å². The highest BCUT2D eigenvalue weighted by Gasteiger charge is 2.19. The summed E-state index contributed by atoms with van der Waals surface area (Å²) in [7, 11) is -3.62. The second-order valence-electron chi connectivity index (χ2n) is 5.23. The average Bonchev–Trinajstić information content (AvgIpc) is 3.23. The van der Waals surface area contributed by atoms with Gasteiger partial charge in [0.05, 0.1) is 17.7 Å². The predicted molar refractivity (Wildman–Crippen MR) is 96.2 cm³/mol. The number of hydrogen-bond donors (Lipinski definition) is 1. The van der Waals surface area contributed by atoms with Crippen molar-refractivity contribution in [3.63, 3.8) is 0 Å². The van der Waals surface area contributed by atoms with Crippen LogP contribution in [-0.4, -0.2) is 20.0 Å². The summed E-state index contributed by atoms with van der Waals surface area (Å²) in [5.41, 5.74) is 0.788. The Labute approximate surface area is 150 Å². The van der Waals surface area contributed by atoms with Crippen LogP contribution in [0.2, 0.25) is 0 Å². The minimum atomic E-state index is -3.62. The Morgan fingerprint density at radius 1 is 1.24 bits per heavy atom. The molecule has 0 radical (unpaired) electrons. The van der Waals surface area contributed by atoms with Crippen LogP contribution >= 0.6 is 11.3 Å². The van der Waals surface area contributed by atoms with Crippen LogP contribution in [0.15, 0.2) is 51.2 Å². The molecule has 0 atom stereocenters. The van der Waals surface area contributed by atoms with Crippen molar-refractivity contribution in [2.75, 3.05) is 6.61 Å². The number of benzene rings is 1. The fraction of sp³-hybridized carbons (Fsp3) is 0.235. The number of nitrogens with zero attached hydrogens (tertiary/aromatic N) is 1. The van der Waals surface area contributed by atoms with Gasteiger partial charge in [0.15, 0.2) is 11.7 Å². The zero-order valence-corrected chi connectivity index (χ0v) is 15.5. The minimum absolute atomic E-state index is 0.160. The largest absolute Gasteiger partial charge is 0.494 e. The summed E-state index contributed by atoms with van der Waals surface area (Å²) in [5.74, 6) is 1.78. The van der Waals surface area contributed by atoms with E-state index in [9.17, 15) is 8.42 Å². The highest BCUT2D eigenvalue weighted by Crippen LogP contribution is 2.31. The van der Waals surface area contributed by atoms with Gasteiger partial charge in [-0.2, -0.15) is 0 Å². The van der Waals surface area contributed by atoms with Crippen LogP contribution in [0, 0.1) is 6.92 Å². The molecule has 3 rings (SSSR count). The van der Waals surface area contributed by atoms with Crippen LogP contribution in [-0.2, 0) is 16.6 Å². The van der Waals surface area contributed by atoms with Crippen molar-refractivity contribution < 1.29 is 17.6 Å². The summed E-state index contributed by atoms with van der Waals surface area (Å²) in [6.07, 6.45) is 1.59. The Hall–Kier alpha value is -2.16. The molecule has 0 aliphatic heterocycles. The summed E-state index contributed by atoms with van der Waals surface area (Å²) < 4.78 is 38.9. The highest BCUT2D eigenvalue weighted by molar-refractivity contribution is 7.91. The number of para-hydroxylation sites is 1. The van der Waals surface area contributed by atoms with E-state index in [0.717, 1.165) is 21.8 Å². The first-order chi connectivity index (χ1) is 12.0. The van der Waals surface area contributed by atoms with Crippen LogP contribution in [0.1, 0.15) is 18.4 Å². The van der Waals surface area contributed by atoms with Crippen LogP contribution in [0.5, 0.6) is 5.75 Å². The fourth-order valence-corrected chi connectivity index (χ4v) is 4.57. The molecule has 0 bridgehead atoms. The lowest BCUT2D eigenvalue weighted by Gasteiger charge is -2.10. The van der Waals surface area contributed by atoms with Gasteiger partial charge in [-0.1, -0.05) is 18.2 Å². The van der Waals surface area contributed by atoms with Gasteiger partial charge in [-0.25, -0.2) is 18.1 Å². The first kappa shape index (κ1) is 17.7. The third-order valence-electron chi connectivity index (χ3n) is 3.44. The van der Waals surface area contributed by atoms with E-state index in [1.165, 1.54) is 0 Å². The van der Waals surface area contributed by atoms with Crippen LogP contribution in [0.25, 0.3) is 10.6 Å². The molecule has 2 aromatic heterocycles. The maximum Gasteiger partial charge on any atom is 0.250 e. The van der Waals surface area contributed by atoms with E-state index in [1.807, 2.05) is 31.2 Å². The molecule has 132 valence electrons. The molecule has 3 aromatic rings. The zero-order chi connectivity index (χ0) is 17.9. The summed E-state index contributed by atoms with van der Waals surface area (Å²) >= 11 is 1.14. The molecule has 0 aliphatic carbocycles. The number of thiophene rings is 1. The lowest BCUT2D eigenvalue weighted by molar-refractivity contribution is 0.336. The summed E-state index contributed by atoms with van der Waals surface area (Å²) in [5, 5.41) is 0. The smallest absolute Gasteiger partial charge is 0.250 e. The van der Waals surface area contributed by atoms with E-state index < -0.39 is 10.0 Å². The monoisotopic (exact) mass is 378 g/mol. The quantitative estimate of drug-likeness (QED) is 0.679. The molecule has 1 aromatic carbocycles. The number of aromatic nitrogens is 1. The van der Waals surface area contributed by atoms with Crippen molar-refractivity contribution in [2.24, 2.45) is 0 Å². The van der Waals surface area contributed by atoms with Crippen LogP contribution in [0.4, 0.5) is 0 Å². The maximum absolute atomic E-state index is 12.5. The number of aryl methyl sites for hydroxylation is 1. The van der Waals surface area contributed by atoms with Crippen molar-refractivity contribution in [3.8, 4) is 16.4 Å². The van der Waals surface area contributed by atoms with Crippen molar-refractivity contribution in [1.29, 1.82) is 0 Å². The maximum atomic E-state index is 12.5. The van der Waals surface area contributed by atoms with Gasteiger partial charge in [-0.05, 0) is 25.1 Å². The van der Waals surface area contributed by atoms with Gasteiger partial charge in [-0.15, -0.1) is 11.3 Å². The Bertz CT molecular complexity index is 960. The van der Waals surface area contributed by atoms with E-state index in [1.54, 1.807) is 25.3 Å². The standard InChI is InChI=1S/C17H18N2O4S2/c1-3-22-14-7-5-4-6-13(14)10-19-25(20,21)17-9-8-16(24-17)15-11-18-12(2)23-15/h4-9,11,19H,3,10H2,1-2H3. The van der Waals surface area contributed by atoms with E-state index in [2.05, 4.69) is 9.71 Å². The number of ether oxygens (including phenoxy) is 1. The first-order valence-electron chi connectivity index (χ1n) is 7.72. The number of hydrogen-bond acceptors (Lipinski definition) is 6. The molecule has 0 aliphatic rings. The molecule has 0 fully saturated rings. The number of oxazole rings is 1. The van der Waals surface area contributed by atoms with Gasteiger partial charge in [0.25, 0.3) is 0 Å². The second kappa shape index (κ2) is 7.38. The summed E-state index contributed by atoms with van der Waals surface area (Å²) in [4.78, 5) is 4.75. The van der Waals surface area contributed by atoms with Gasteiger partial charge in [0.2, 0.25) is 10.0 Å². The van der Waals surface area contributed by atoms with E-state index in [0.29, 0.717) is 24.0 Å². The van der Waals surface area contributed by atoms with Crippen LogP contribution < -0.4 is 9.46 Å². The van der Waals surface area contributed by atoms with Crippen LogP contribution in [0.3, 0.4) is 0 Å². The Morgan fingerprint density at radius 2 is 2.04 bits per heavy atom. The summed E-state index contributed by atoms with van der Waals surface area (Å²) in [6, 6.07) is 10.6. The third-order valence-corrected chi connectivity index (χ3v) is 6.43. The zero-order valence-electron chi connectivity index (χ0n) is 13.9. The van der Waals surface area contributed by atoms with Crippen molar-refractivity contribution in [3.05, 3.63) is 54.0 Å². The molecule has 2 heterocycles. The SMILES string of the molecule is CCOc1ccccc1CNS(=O)(=O)c1ccc(-c2cnc(C)o2)s1. The minimum Gasteiger partial charge on any atom is -0.494 e. The molecule has 1 N–H and O–H groups in total. The molecule has 6 nitrogen and oxygen atoms in total.